The van der Waals surface area contributed by atoms with Crippen molar-refractivity contribution in [1.29, 1.82) is 0 Å². The summed E-state index contributed by atoms with van der Waals surface area (Å²) in [7, 11) is -3.29. The largest absolute Gasteiger partial charge is 0.397 e. The Kier molecular flexibility index (Phi) is 36.9. The molecule has 2 N–H and O–H groups in total. The molecule has 0 aliphatic carbocycles. The molecule has 0 aromatic carbocycles. The predicted molar refractivity (Wildman–Crippen MR) is 182 cm³/mol. The standard InChI is InChI=1S/C34H71NO.CH4O4S/c1-4-6-8-10-12-14-16-18-20-22-24-26-28-30-32-35(34(3)36)33-31-29-27-25-23-21-19-17-15-13-11-9-7-5-2;1-5-6(2,3)4/h34,36H,4-33H2,1-3H3;1H3,(H,2,3,4). The summed E-state index contributed by atoms with van der Waals surface area (Å²) in [6.07, 6.45) is 39.2. The summed E-state index contributed by atoms with van der Waals surface area (Å²) in [5, 5.41) is 10.1. The molecule has 0 aliphatic rings. The van der Waals surface area contributed by atoms with E-state index in [4.69, 9.17) is 4.55 Å². The summed E-state index contributed by atoms with van der Waals surface area (Å²) in [6, 6.07) is 0. The van der Waals surface area contributed by atoms with E-state index in [1.165, 1.54) is 180 Å². The number of rotatable bonds is 32. The fraction of sp³-hybridized carbons (Fsp3) is 1.00. The van der Waals surface area contributed by atoms with E-state index in [0.29, 0.717) is 0 Å². The Morgan fingerprint density at radius 3 is 0.857 bits per heavy atom. The second-order valence-corrected chi connectivity index (χ2v) is 13.6. The molecule has 0 bridgehead atoms. The third-order valence-electron chi connectivity index (χ3n) is 8.34. The first-order valence-electron chi connectivity index (χ1n) is 18.2. The first kappa shape index (κ1) is 43.9. The Bertz CT molecular complexity index is 568. The molecule has 0 saturated carbocycles. The van der Waals surface area contributed by atoms with E-state index in [-0.39, 0.29) is 6.23 Å². The summed E-state index contributed by atoms with van der Waals surface area (Å²) in [4.78, 5) is 2.31. The molecule has 0 heterocycles. The van der Waals surface area contributed by atoms with E-state index in [9.17, 15) is 13.5 Å². The van der Waals surface area contributed by atoms with Crippen molar-refractivity contribution < 1.29 is 22.3 Å². The van der Waals surface area contributed by atoms with Gasteiger partial charge in [0.2, 0.25) is 0 Å². The van der Waals surface area contributed by atoms with Crippen LogP contribution in [0.4, 0.5) is 0 Å². The van der Waals surface area contributed by atoms with Crippen LogP contribution in [-0.2, 0) is 14.6 Å². The highest BCUT2D eigenvalue weighted by Crippen LogP contribution is 2.15. The minimum atomic E-state index is -4.16. The molecule has 0 spiro atoms. The van der Waals surface area contributed by atoms with Crippen LogP contribution < -0.4 is 0 Å². The normalized spacial score (nSPS) is 12.5. The van der Waals surface area contributed by atoms with Crippen molar-refractivity contribution in [3.8, 4) is 0 Å². The molecule has 1 atom stereocenters. The zero-order valence-corrected chi connectivity index (χ0v) is 29.6. The topological polar surface area (TPSA) is 87.1 Å². The maximum Gasteiger partial charge on any atom is 0.397 e. The smallest absolute Gasteiger partial charge is 0.379 e. The Morgan fingerprint density at radius 1 is 0.500 bits per heavy atom. The van der Waals surface area contributed by atoms with E-state index < -0.39 is 10.4 Å². The van der Waals surface area contributed by atoms with Gasteiger partial charge in [0.1, 0.15) is 6.23 Å². The number of hydrogen-bond acceptors (Lipinski definition) is 5. The second-order valence-electron chi connectivity index (χ2n) is 12.5. The van der Waals surface area contributed by atoms with Crippen molar-refractivity contribution in [2.24, 2.45) is 0 Å². The van der Waals surface area contributed by atoms with Crippen molar-refractivity contribution in [3.63, 3.8) is 0 Å². The van der Waals surface area contributed by atoms with Gasteiger partial charge in [-0.2, -0.15) is 8.42 Å². The second kappa shape index (κ2) is 35.3. The lowest BCUT2D eigenvalue weighted by Gasteiger charge is -2.25. The predicted octanol–water partition coefficient (Wildman–Crippen LogP) is 11.0. The third-order valence-corrected chi connectivity index (χ3v) is 8.76. The summed E-state index contributed by atoms with van der Waals surface area (Å²) in [6.45, 7) is 8.70. The number of nitrogens with zero attached hydrogens (tertiary/aromatic N) is 1. The molecule has 0 aromatic rings. The van der Waals surface area contributed by atoms with Gasteiger partial charge in [-0.1, -0.05) is 181 Å². The molecule has 0 aliphatic heterocycles. The van der Waals surface area contributed by atoms with E-state index >= 15 is 0 Å². The van der Waals surface area contributed by atoms with Crippen LogP contribution in [0.15, 0.2) is 0 Å². The van der Waals surface area contributed by atoms with Crippen LogP contribution in [0.5, 0.6) is 0 Å². The molecule has 6 nitrogen and oxygen atoms in total. The van der Waals surface area contributed by atoms with Crippen molar-refractivity contribution in [2.75, 3.05) is 20.2 Å². The van der Waals surface area contributed by atoms with Crippen molar-refractivity contribution in [1.82, 2.24) is 4.90 Å². The molecule has 256 valence electrons. The molecule has 0 radical (unpaired) electrons. The van der Waals surface area contributed by atoms with Gasteiger partial charge in [-0.15, -0.1) is 0 Å². The summed E-state index contributed by atoms with van der Waals surface area (Å²) in [5.74, 6) is 0. The molecule has 0 fully saturated rings. The van der Waals surface area contributed by atoms with E-state index in [2.05, 4.69) is 22.9 Å². The molecule has 0 amide bonds. The zero-order valence-electron chi connectivity index (χ0n) is 28.8. The van der Waals surface area contributed by atoms with Crippen molar-refractivity contribution in [3.05, 3.63) is 0 Å². The fourth-order valence-corrected chi connectivity index (χ4v) is 5.50. The van der Waals surface area contributed by atoms with Gasteiger partial charge in [0.15, 0.2) is 0 Å². The molecule has 1 unspecified atom stereocenters. The fourth-order valence-electron chi connectivity index (χ4n) is 5.50. The van der Waals surface area contributed by atoms with Crippen LogP contribution >= 0.6 is 0 Å². The Balaban J connectivity index is 0. The van der Waals surface area contributed by atoms with E-state index in [1.807, 2.05) is 6.92 Å². The van der Waals surface area contributed by atoms with Gasteiger partial charge in [0.05, 0.1) is 7.11 Å². The van der Waals surface area contributed by atoms with Crippen molar-refractivity contribution >= 4 is 10.4 Å². The summed E-state index contributed by atoms with van der Waals surface area (Å²) in [5.41, 5.74) is 0. The summed E-state index contributed by atoms with van der Waals surface area (Å²) < 4.78 is 29.7. The van der Waals surface area contributed by atoms with E-state index in [0.717, 1.165) is 20.2 Å². The summed E-state index contributed by atoms with van der Waals surface area (Å²) >= 11 is 0. The van der Waals surface area contributed by atoms with Crippen LogP contribution in [0.25, 0.3) is 0 Å². The van der Waals surface area contributed by atoms with Crippen LogP contribution in [0.1, 0.15) is 201 Å². The lowest BCUT2D eigenvalue weighted by atomic mass is 10.0. The van der Waals surface area contributed by atoms with Gasteiger partial charge >= 0.3 is 10.4 Å². The van der Waals surface area contributed by atoms with Gasteiger partial charge in [0, 0.05) is 13.1 Å². The van der Waals surface area contributed by atoms with Gasteiger partial charge < -0.3 is 5.11 Å². The highest BCUT2D eigenvalue weighted by Gasteiger charge is 2.09. The Morgan fingerprint density at radius 2 is 0.690 bits per heavy atom. The van der Waals surface area contributed by atoms with Crippen LogP contribution in [-0.4, -0.2) is 49.4 Å². The number of aliphatic hydroxyl groups is 1. The number of aliphatic hydroxyl groups excluding tert-OH is 1. The molecule has 0 aromatic heterocycles. The minimum Gasteiger partial charge on any atom is -0.379 e. The van der Waals surface area contributed by atoms with Gasteiger partial charge in [-0.05, 0) is 19.8 Å². The van der Waals surface area contributed by atoms with Gasteiger partial charge in [-0.3, -0.25) is 13.6 Å². The average molecular weight is 622 g/mol. The zero-order chi connectivity index (χ0) is 31.6. The first-order valence-corrected chi connectivity index (χ1v) is 19.6. The van der Waals surface area contributed by atoms with Crippen molar-refractivity contribution in [2.45, 2.75) is 207 Å². The lowest BCUT2D eigenvalue weighted by molar-refractivity contribution is 0.0163. The number of unbranched alkanes of at least 4 members (excludes halogenated alkanes) is 26. The van der Waals surface area contributed by atoms with Crippen LogP contribution in [0, 0.1) is 0 Å². The molecule has 0 saturated heterocycles. The average Bonchev–Trinajstić information content (AvgIpc) is 2.96. The quantitative estimate of drug-likeness (QED) is 0.0441. The van der Waals surface area contributed by atoms with Crippen LogP contribution in [0.2, 0.25) is 0 Å². The van der Waals surface area contributed by atoms with Crippen LogP contribution in [0.3, 0.4) is 0 Å². The maximum atomic E-state index is 10.1. The monoisotopic (exact) mass is 622 g/mol. The Labute approximate surface area is 264 Å². The van der Waals surface area contributed by atoms with E-state index in [1.54, 1.807) is 0 Å². The molecular weight excluding hydrogens is 546 g/mol. The first-order chi connectivity index (χ1) is 20.3. The highest BCUT2D eigenvalue weighted by molar-refractivity contribution is 7.80. The lowest BCUT2D eigenvalue weighted by Crippen LogP contribution is -2.34. The molecule has 42 heavy (non-hydrogen) atoms. The number of hydrogen-bond donors (Lipinski definition) is 2. The third kappa shape index (κ3) is 39.8. The molecular formula is C35H75NO5S. The van der Waals surface area contributed by atoms with Gasteiger partial charge in [-0.25, -0.2) is 0 Å². The molecule has 0 rings (SSSR count). The van der Waals surface area contributed by atoms with Gasteiger partial charge in [0.25, 0.3) is 0 Å². The Hall–Kier alpha value is -0.210. The SMILES string of the molecule is CCCCCCCCCCCCCCCCN(CCCCCCCCCCCCCCCC)C(C)O.COS(=O)(=O)O. The maximum absolute atomic E-state index is 10.1. The molecule has 7 heteroatoms. The minimum absolute atomic E-state index is 0.283. The highest BCUT2D eigenvalue weighted by atomic mass is 32.3.